The number of benzene rings is 1. The van der Waals surface area contributed by atoms with Crippen LogP contribution in [0.2, 0.25) is 0 Å². The molecule has 1 unspecified atom stereocenters. The fraction of sp³-hybridized carbons (Fsp3) is 0.538. The van der Waals surface area contributed by atoms with Crippen molar-refractivity contribution in [2.24, 2.45) is 0 Å². The Balaban J connectivity index is 2.34. The summed E-state index contributed by atoms with van der Waals surface area (Å²) in [5.74, 6) is 0.868. The molecule has 1 aliphatic rings. The van der Waals surface area contributed by atoms with Crippen LogP contribution in [0.25, 0.3) is 0 Å². The average molecular weight is 300 g/mol. The molecule has 7 heteroatoms. The maximum absolute atomic E-state index is 12.7. The maximum Gasteiger partial charge on any atom is 0.246 e. The zero-order chi connectivity index (χ0) is 14.8. The highest BCUT2D eigenvalue weighted by Gasteiger charge is 2.33. The molecule has 0 amide bonds. The van der Waals surface area contributed by atoms with E-state index in [-0.39, 0.29) is 10.9 Å². The Morgan fingerprint density at radius 1 is 1.30 bits per heavy atom. The summed E-state index contributed by atoms with van der Waals surface area (Å²) in [5.41, 5.74) is 0. The van der Waals surface area contributed by atoms with E-state index in [4.69, 9.17) is 9.47 Å². The molecule has 1 atom stereocenters. The Morgan fingerprint density at radius 3 is 2.60 bits per heavy atom. The number of likely N-dealkylation sites (N-methyl/N-ethyl adjacent to an activating group) is 1. The first-order chi connectivity index (χ1) is 9.52. The van der Waals surface area contributed by atoms with Crippen molar-refractivity contribution in [1.82, 2.24) is 9.62 Å². The van der Waals surface area contributed by atoms with Crippen LogP contribution in [0.4, 0.5) is 0 Å². The van der Waals surface area contributed by atoms with Gasteiger partial charge in [-0.1, -0.05) is 0 Å². The molecule has 112 valence electrons. The lowest BCUT2D eigenvalue weighted by Crippen LogP contribution is -2.33. The van der Waals surface area contributed by atoms with Crippen molar-refractivity contribution < 1.29 is 17.9 Å². The molecule has 1 fully saturated rings. The molecule has 0 spiro atoms. The van der Waals surface area contributed by atoms with E-state index in [2.05, 4.69) is 5.32 Å². The third-order valence-electron chi connectivity index (χ3n) is 3.55. The predicted molar refractivity (Wildman–Crippen MR) is 75.8 cm³/mol. The van der Waals surface area contributed by atoms with Gasteiger partial charge in [-0.05, 0) is 25.6 Å². The quantitative estimate of drug-likeness (QED) is 0.866. The second-order valence-corrected chi connectivity index (χ2v) is 6.56. The second-order valence-electron chi connectivity index (χ2n) is 4.65. The summed E-state index contributed by atoms with van der Waals surface area (Å²) in [6.07, 6.45) is 0.814. The maximum atomic E-state index is 12.7. The average Bonchev–Trinajstić information content (AvgIpc) is 2.96. The van der Waals surface area contributed by atoms with Crippen molar-refractivity contribution in [3.8, 4) is 11.5 Å². The number of ether oxygens (including phenoxy) is 2. The lowest BCUT2D eigenvalue weighted by Gasteiger charge is -2.18. The molecule has 0 bridgehead atoms. The third-order valence-corrected chi connectivity index (χ3v) is 5.45. The second kappa shape index (κ2) is 5.99. The van der Waals surface area contributed by atoms with Gasteiger partial charge < -0.3 is 14.8 Å². The molecular weight excluding hydrogens is 280 g/mol. The molecule has 1 aromatic carbocycles. The summed E-state index contributed by atoms with van der Waals surface area (Å²) < 4.78 is 37.1. The summed E-state index contributed by atoms with van der Waals surface area (Å²) in [4.78, 5) is 0.178. The minimum Gasteiger partial charge on any atom is -0.497 e. The fourth-order valence-corrected chi connectivity index (χ4v) is 3.95. The zero-order valence-electron chi connectivity index (χ0n) is 11.9. The van der Waals surface area contributed by atoms with E-state index in [1.54, 1.807) is 12.1 Å². The van der Waals surface area contributed by atoms with Gasteiger partial charge >= 0.3 is 0 Å². The molecule has 1 N–H and O–H groups in total. The van der Waals surface area contributed by atoms with E-state index in [0.717, 1.165) is 6.42 Å². The van der Waals surface area contributed by atoms with Gasteiger partial charge in [0.1, 0.15) is 16.4 Å². The molecule has 0 saturated carbocycles. The monoisotopic (exact) mass is 300 g/mol. The third kappa shape index (κ3) is 2.74. The number of nitrogens with one attached hydrogen (secondary N) is 1. The van der Waals surface area contributed by atoms with E-state index in [0.29, 0.717) is 24.6 Å². The van der Waals surface area contributed by atoms with Gasteiger partial charge in [0.2, 0.25) is 10.0 Å². The van der Waals surface area contributed by atoms with Gasteiger partial charge in [-0.15, -0.1) is 0 Å². The normalized spacial score (nSPS) is 20.1. The van der Waals surface area contributed by atoms with Crippen LogP contribution < -0.4 is 14.8 Å². The van der Waals surface area contributed by atoms with Gasteiger partial charge in [0, 0.05) is 25.2 Å². The summed E-state index contributed by atoms with van der Waals surface area (Å²) in [7, 11) is 1.29. The number of sulfonamides is 1. The van der Waals surface area contributed by atoms with E-state index in [1.807, 2.05) is 7.05 Å². The molecule has 0 aliphatic carbocycles. The Labute approximate surface area is 119 Å². The molecule has 0 aromatic heterocycles. The van der Waals surface area contributed by atoms with E-state index in [9.17, 15) is 8.42 Å². The molecule has 1 saturated heterocycles. The first kappa shape index (κ1) is 15.1. The summed E-state index contributed by atoms with van der Waals surface area (Å²) in [6.45, 7) is 0.997. The van der Waals surface area contributed by atoms with Crippen LogP contribution >= 0.6 is 0 Å². The Kier molecular flexibility index (Phi) is 4.52. The smallest absolute Gasteiger partial charge is 0.246 e. The molecule has 1 heterocycles. The van der Waals surface area contributed by atoms with Crippen molar-refractivity contribution in [2.75, 3.05) is 34.4 Å². The lowest BCUT2D eigenvalue weighted by atomic mass is 10.3. The Hall–Kier alpha value is -1.31. The highest BCUT2D eigenvalue weighted by Crippen LogP contribution is 2.31. The summed E-state index contributed by atoms with van der Waals surface area (Å²) in [5, 5.41) is 3.11. The number of hydrogen-bond donors (Lipinski definition) is 1. The van der Waals surface area contributed by atoms with Crippen LogP contribution in [-0.4, -0.2) is 53.1 Å². The lowest BCUT2D eigenvalue weighted by molar-refractivity contribution is 0.383. The predicted octanol–water partition coefficient (Wildman–Crippen LogP) is 0.686. The topological polar surface area (TPSA) is 67.9 Å². The van der Waals surface area contributed by atoms with Crippen LogP contribution in [0.1, 0.15) is 6.42 Å². The van der Waals surface area contributed by atoms with Crippen LogP contribution in [-0.2, 0) is 10.0 Å². The minimum atomic E-state index is -3.54. The van der Waals surface area contributed by atoms with Gasteiger partial charge in [0.05, 0.1) is 14.2 Å². The van der Waals surface area contributed by atoms with Crippen molar-refractivity contribution in [3.63, 3.8) is 0 Å². The molecule has 20 heavy (non-hydrogen) atoms. The first-order valence-electron chi connectivity index (χ1n) is 6.42. The van der Waals surface area contributed by atoms with Crippen LogP contribution in [0.15, 0.2) is 23.1 Å². The minimum absolute atomic E-state index is 0.178. The molecule has 2 rings (SSSR count). The fourth-order valence-electron chi connectivity index (χ4n) is 2.31. The number of methoxy groups -OCH3 is 2. The van der Waals surface area contributed by atoms with Crippen LogP contribution in [0.5, 0.6) is 11.5 Å². The number of hydrogen-bond acceptors (Lipinski definition) is 5. The SMILES string of the molecule is CNC1CCN(S(=O)(=O)c2ccc(OC)cc2OC)C1. The van der Waals surface area contributed by atoms with Crippen molar-refractivity contribution >= 4 is 10.0 Å². The van der Waals surface area contributed by atoms with Crippen molar-refractivity contribution in [2.45, 2.75) is 17.4 Å². The summed E-state index contributed by atoms with van der Waals surface area (Å²) in [6, 6.07) is 4.94. The van der Waals surface area contributed by atoms with Gasteiger partial charge in [-0.25, -0.2) is 8.42 Å². The van der Waals surface area contributed by atoms with Crippen molar-refractivity contribution in [1.29, 1.82) is 0 Å². The highest BCUT2D eigenvalue weighted by atomic mass is 32.2. The molecular formula is C13H20N2O4S. The standard InChI is InChI=1S/C13H20N2O4S/c1-14-10-6-7-15(9-10)20(16,17)13-5-4-11(18-2)8-12(13)19-3/h4-5,8,10,14H,6-7,9H2,1-3H3. The molecule has 6 nitrogen and oxygen atoms in total. The van der Waals surface area contributed by atoms with Gasteiger partial charge in [-0.2, -0.15) is 4.31 Å². The number of nitrogens with zero attached hydrogens (tertiary/aromatic N) is 1. The van der Waals surface area contributed by atoms with E-state index < -0.39 is 10.0 Å². The number of rotatable bonds is 5. The van der Waals surface area contributed by atoms with E-state index >= 15 is 0 Å². The summed E-state index contributed by atoms with van der Waals surface area (Å²) >= 11 is 0. The van der Waals surface area contributed by atoms with Gasteiger partial charge in [0.15, 0.2) is 0 Å². The van der Waals surface area contributed by atoms with Gasteiger partial charge in [-0.3, -0.25) is 0 Å². The first-order valence-corrected chi connectivity index (χ1v) is 7.86. The molecule has 0 radical (unpaired) electrons. The molecule has 1 aliphatic heterocycles. The van der Waals surface area contributed by atoms with E-state index in [1.165, 1.54) is 24.6 Å². The Morgan fingerprint density at radius 2 is 2.05 bits per heavy atom. The zero-order valence-corrected chi connectivity index (χ0v) is 12.7. The Bertz CT molecular complexity index is 574. The highest BCUT2D eigenvalue weighted by molar-refractivity contribution is 7.89. The largest absolute Gasteiger partial charge is 0.497 e. The molecule has 1 aromatic rings. The van der Waals surface area contributed by atoms with Crippen LogP contribution in [0.3, 0.4) is 0 Å². The van der Waals surface area contributed by atoms with Crippen LogP contribution in [0, 0.1) is 0 Å². The van der Waals surface area contributed by atoms with Gasteiger partial charge in [0.25, 0.3) is 0 Å². The van der Waals surface area contributed by atoms with Crippen molar-refractivity contribution in [3.05, 3.63) is 18.2 Å².